The number of halogens is 2. The maximum atomic E-state index is 13.8. The van der Waals surface area contributed by atoms with Crippen LogP contribution in [-0.2, 0) is 0 Å². The number of hydrogen-bond acceptors (Lipinski definition) is 4. The summed E-state index contributed by atoms with van der Waals surface area (Å²) in [5.74, 6) is -2.25. The summed E-state index contributed by atoms with van der Waals surface area (Å²) in [6.07, 6.45) is 3.14. The maximum Gasteiger partial charge on any atom is 0.295 e. The molecule has 7 heteroatoms. The van der Waals surface area contributed by atoms with Gasteiger partial charge in [-0.3, -0.25) is 15.0 Å². The molecule has 0 spiro atoms. The fraction of sp³-hybridized carbons (Fsp3) is 0.538. The Morgan fingerprint density at radius 3 is 2.70 bits per heavy atom. The Bertz CT molecular complexity index is 549. The van der Waals surface area contributed by atoms with Gasteiger partial charge in [-0.1, -0.05) is 0 Å². The van der Waals surface area contributed by atoms with E-state index in [4.69, 9.17) is 0 Å². The standard InChI is InChI=1S/C13H15F2N3O2/c14-10-3-4-11(18(19)20)13(12(10)15)16-8-5-6-17(7-8)9-1-2-9/h3-4,8-9,16H,1-2,5-7H2. The summed E-state index contributed by atoms with van der Waals surface area (Å²) in [4.78, 5) is 12.5. The van der Waals surface area contributed by atoms with Crippen LogP contribution in [0.3, 0.4) is 0 Å². The Morgan fingerprint density at radius 2 is 2.05 bits per heavy atom. The molecule has 1 saturated carbocycles. The van der Waals surface area contributed by atoms with E-state index >= 15 is 0 Å². The summed E-state index contributed by atoms with van der Waals surface area (Å²) in [6.45, 7) is 1.62. The topological polar surface area (TPSA) is 58.4 Å². The van der Waals surface area contributed by atoms with Crippen molar-refractivity contribution in [1.82, 2.24) is 4.90 Å². The van der Waals surface area contributed by atoms with Gasteiger partial charge >= 0.3 is 0 Å². The first kappa shape index (κ1) is 13.2. The van der Waals surface area contributed by atoms with Crippen LogP contribution in [0.4, 0.5) is 20.2 Å². The second-order valence-electron chi connectivity index (χ2n) is 5.37. The molecule has 0 amide bonds. The largest absolute Gasteiger partial charge is 0.373 e. The van der Waals surface area contributed by atoms with Gasteiger partial charge in [0.25, 0.3) is 5.69 Å². The van der Waals surface area contributed by atoms with Crippen molar-refractivity contribution in [2.75, 3.05) is 18.4 Å². The molecule has 20 heavy (non-hydrogen) atoms. The highest BCUT2D eigenvalue weighted by atomic mass is 19.2. The van der Waals surface area contributed by atoms with E-state index in [9.17, 15) is 18.9 Å². The average Bonchev–Trinajstić information content (AvgIpc) is 3.15. The van der Waals surface area contributed by atoms with Crippen LogP contribution in [-0.4, -0.2) is 35.0 Å². The molecule has 2 fully saturated rings. The number of likely N-dealkylation sites (tertiary alicyclic amines) is 1. The highest BCUT2D eigenvalue weighted by molar-refractivity contribution is 5.63. The van der Waals surface area contributed by atoms with E-state index in [0.29, 0.717) is 6.04 Å². The Labute approximate surface area is 114 Å². The molecule has 1 unspecified atom stereocenters. The van der Waals surface area contributed by atoms with Crippen LogP contribution in [0.1, 0.15) is 19.3 Å². The van der Waals surface area contributed by atoms with Crippen molar-refractivity contribution < 1.29 is 13.7 Å². The van der Waals surface area contributed by atoms with Crippen LogP contribution >= 0.6 is 0 Å². The van der Waals surface area contributed by atoms with Gasteiger partial charge in [-0.2, -0.15) is 0 Å². The van der Waals surface area contributed by atoms with Gasteiger partial charge < -0.3 is 5.32 Å². The SMILES string of the molecule is O=[N+]([O-])c1ccc(F)c(F)c1NC1CCN(C2CC2)C1. The minimum Gasteiger partial charge on any atom is -0.373 e. The van der Waals surface area contributed by atoms with Crippen molar-refractivity contribution >= 4 is 11.4 Å². The first-order valence-corrected chi connectivity index (χ1v) is 6.69. The van der Waals surface area contributed by atoms with Gasteiger partial charge in [0.1, 0.15) is 0 Å². The third kappa shape index (κ3) is 2.45. The van der Waals surface area contributed by atoms with Crippen LogP contribution in [0.15, 0.2) is 12.1 Å². The first-order chi connectivity index (χ1) is 9.56. The van der Waals surface area contributed by atoms with E-state index in [-0.39, 0.29) is 11.7 Å². The van der Waals surface area contributed by atoms with E-state index in [2.05, 4.69) is 10.2 Å². The number of anilines is 1. The number of nitro groups is 1. The maximum absolute atomic E-state index is 13.8. The number of nitrogens with one attached hydrogen (secondary N) is 1. The van der Waals surface area contributed by atoms with Crippen molar-refractivity contribution in [3.05, 3.63) is 33.9 Å². The van der Waals surface area contributed by atoms with Gasteiger partial charge in [-0.05, 0) is 25.3 Å². The number of rotatable bonds is 4. The van der Waals surface area contributed by atoms with Crippen molar-refractivity contribution in [1.29, 1.82) is 0 Å². The molecular weight excluding hydrogens is 268 g/mol. The Balaban J connectivity index is 1.79. The zero-order chi connectivity index (χ0) is 14.3. The third-order valence-corrected chi connectivity index (χ3v) is 3.90. The van der Waals surface area contributed by atoms with Crippen LogP contribution < -0.4 is 5.32 Å². The van der Waals surface area contributed by atoms with Crippen molar-refractivity contribution in [3.63, 3.8) is 0 Å². The highest BCUT2D eigenvalue weighted by Crippen LogP contribution is 2.33. The van der Waals surface area contributed by atoms with Crippen LogP contribution in [0, 0.1) is 21.7 Å². The summed E-state index contributed by atoms with van der Waals surface area (Å²) in [5, 5.41) is 13.7. The molecule has 1 saturated heterocycles. The molecule has 1 aromatic carbocycles. The molecule has 1 aliphatic heterocycles. The molecule has 1 atom stereocenters. The van der Waals surface area contributed by atoms with Crippen molar-refractivity contribution in [3.8, 4) is 0 Å². The zero-order valence-corrected chi connectivity index (χ0v) is 10.8. The molecule has 5 nitrogen and oxygen atoms in total. The van der Waals surface area contributed by atoms with Gasteiger partial charge in [0.2, 0.25) is 0 Å². The molecule has 0 bridgehead atoms. The number of nitrogens with zero attached hydrogens (tertiary/aromatic N) is 2. The summed E-state index contributed by atoms with van der Waals surface area (Å²) in [6, 6.07) is 2.30. The van der Waals surface area contributed by atoms with Gasteiger partial charge in [-0.15, -0.1) is 0 Å². The smallest absolute Gasteiger partial charge is 0.295 e. The lowest BCUT2D eigenvalue weighted by Gasteiger charge is -2.17. The highest BCUT2D eigenvalue weighted by Gasteiger charge is 2.35. The van der Waals surface area contributed by atoms with E-state index in [1.54, 1.807) is 0 Å². The van der Waals surface area contributed by atoms with E-state index in [0.717, 1.165) is 31.6 Å². The third-order valence-electron chi connectivity index (χ3n) is 3.90. The van der Waals surface area contributed by atoms with Gasteiger partial charge in [0, 0.05) is 31.2 Å². The van der Waals surface area contributed by atoms with Crippen molar-refractivity contribution in [2.24, 2.45) is 0 Å². The predicted molar refractivity (Wildman–Crippen MR) is 69.6 cm³/mol. The Hall–Kier alpha value is -1.76. The molecule has 1 N–H and O–H groups in total. The van der Waals surface area contributed by atoms with E-state index < -0.39 is 22.2 Å². The lowest BCUT2D eigenvalue weighted by atomic mass is 10.2. The predicted octanol–water partition coefficient (Wildman–Crippen LogP) is 2.52. The number of hydrogen-bond donors (Lipinski definition) is 1. The summed E-state index contributed by atoms with van der Waals surface area (Å²) in [7, 11) is 0. The van der Waals surface area contributed by atoms with Crippen LogP contribution in [0.2, 0.25) is 0 Å². The normalized spacial score (nSPS) is 23.0. The summed E-state index contributed by atoms with van der Waals surface area (Å²) in [5.41, 5.74) is -0.758. The lowest BCUT2D eigenvalue weighted by molar-refractivity contribution is -0.384. The minimum absolute atomic E-state index is 0.0781. The Kier molecular flexibility index (Phi) is 3.29. The van der Waals surface area contributed by atoms with Crippen molar-refractivity contribution in [2.45, 2.75) is 31.3 Å². The monoisotopic (exact) mass is 283 g/mol. The molecule has 0 aromatic heterocycles. The van der Waals surface area contributed by atoms with E-state index in [1.807, 2.05) is 0 Å². The quantitative estimate of drug-likeness (QED) is 0.681. The second kappa shape index (κ2) is 4.97. The van der Waals surface area contributed by atoms with Gasteiger partial charge in [-0.25, -0.2) is 8.78 Å². The number of benzene rings is 1. The number of nitro benzene ring substituents is 1. The zero-order valence-electron chi connectivity index (χ0n) is 10.8. The summed E-state index contributed by atoms with van der Waals surface area (Å²) >= 11 is 0. The molecule has 1 aromatic rings. The molecule has 3 rings (SSSR count). The fourth-order valence-electron chi connectivity index (χ4n) is 2.71. The van der Waals surface area contributed by atoms with Crippen LogP contribution in [0.5, 0.6) is 0 Å². The average molecular weight is 283 g/mol. The molecule has 1 heterocycles. The molecule has 108 valence electrons. The molecule has 2 aliphatic rings. The minimum atomic E-state index is -1.18. The lowest BCUT2D eigenvalue weighted by Crippen LogP contribution is -2.28. The first-order valence-electron chi connectivity index (χ1n) is 6.69. The Morgan fingerprint density at radius 1 is 1.30 bits per heavy atom. The second-order valence-corrected chi connectivity index (χ2v) is 5.37. The molecular formula is C13H15F2N3O2. The van der Waals surface area contributed by atoms with Crippen LogP contribution in [0.25, 0.3) is 0 Å². The summed E-state index contributed by atoms with van der Waals surface area (Å²) < 4.78 is 27.1. The van der Waals surface area contributed by atoms with Gasteiger partial charge in [0.15, 0.2) is 17.3 Å². The molecule has 1 aliphatic carbocycles. The molecule has 0 radical (unpaired) electrons. The van der Waals surface area contributed by atoms with Gasteiger partial charge in [0.05, 0.1) is 4.92 Å². The fourth-order valence-corrected chi connectivity index (χ4v) is 2.71. The van der Waals surface area contributed by atoms with E-state index in [1.165, 1.54) is 12.8 Å².